The zero-order valence-corrected chi connectivity index (χ0v) is 9.65. The molecule has 0 saturated heterocycles. The van der Waals surface area contributed by atoms with Crippen molar-refractivity contribution in [3.63, 3.8) is 0 Å². The Bertz CT molecular complexity index is 185. The van der Waals surface area contributed by atoms with Gasteiger partial charge < -0.3 is 11.5 Å². The maximum Gasteiger partial charge on any atom is 0.0665 e. The minimum Gasteiger partial charge on any atom is -0.313 e. The van der Waals surface area contributed by atoms with E-state index in [0.29, 0.717) is 0 Å². The molecule has 0 aromatic rings. The number of rotatable bonds is 4. The summed E-state index contributed by atoms with van der Waals surface area (Å²) in [6.45, 7) is 14.2. The minimum atomic E-state index is -0.667. The van der Waals surface area contributed by atoms with E-state index in [2.05, 4.69) is 34.3 Å². The van der Waals surface area contributed by atoms with E-state index < -0.39 is 5.66 Å². The standard InChI is InChI=1S/C11H24N2/c1-7-8-9(2,3)10(4,5)11(6,12)13/h7H,1,8,12-13H2,2-6H3. The summed E-state index contributed by atoms with van der Waals surface area (Å²) in [5, 5.41) is 0. The predicted molar refractivity (Wildman–Crippen MR) is 59.2 cm³/mol. The summed E-state index contributed by atoms with van der Waals surface area (Å²) in [5.41, 5.74) is 11.2. The molecule has 0 aromatic heterocycles. The molecule has 0 radical (unpaired) electrons. The van der Waals surface area contributed by atoms with Gasteiger partial charge in [0.05, 0.1) is 5.66 Å². The Morgan fingerprint density at radius 1 is 1.08 bits per heavy atom. The maximum absolute atomic E-state index is 5.97. The van der Waals surface area contributed by atoms with Gasteiger partial charge in [0.2, 0.25) is 0 Å². The van der Waals surface area contributed by atoms with Gasteiger partial charge >= 0.3 is 0 Å². The van der Waals surface area contributed by atoms with Gasteiger partial charge in [-0.3, -0.25) is 0 Å². The van der Waals surface area contributed by atoms with E-state index in [-0.39, 0.29) is 10.8 Å². The van der Waals surface area contributed by atoms with Crippen molar-refractivity contribution in [2.75, 3.05) is 0 Å². The van der Waals surface area contributed by atoms with Crippen molar-refractivity contribution in [3.8, 4) is 0 Å². The first kappa shape index (κ1) is 12.7. The van der Waals surface area contributed by atoms with E-state index in [1.807, 2.05) is 13.0 Å². The molecule has 0 spiro atoms. The summed E-state index contributed by atoms with van der Waals surface area (Å²) in [4.78, 5) is 0. The number of hydrogen-bond donors (Lipinski definition) is 2. The van der Waals surface area contributed by atoms with E-state index in [1.54, 1.807) is 0 Å². The van der Waals surface area contributed by atoms with Gasteiger partial charge in [0, 0.05) is 5.41 Å². The van der Waals surface area contributed by atoms with Crippen LogP contribution in [0.2, 0.25) is 0 Å². The van der Waals surface area contributed by atoms with Crippen LogP contribution in [0.3, 0.4) is 0 Å². The second kappa shape index (κ2) is 3.43. The highest BCUT2D eigenvalue weighted by molar-refractivity contribution is 5.00. The quantitative estimate of drug-likeness (QED) is 0.520. The summed E-state index contributed by atoms with van der Waals surface area (Å²) in [6.07, 6.45) is 2.84. The lowest BCUT2D eigenvalue weighted by molar-refractivity contribution is 0.0311. The fraction of sp³-hybridized carbons (Fsp3) is 0.818. The lowest BCUT2D eigenvalue weighted by Crippen LogP contribution is -2.62. The van der Waals surface area contributed by atoms with Gasteiger partial charge in [-0.15, -0.1) is 6.58 Å². The van der Waals surface area contributed by atoms with E-state index in [9.17, 15) is 0 Å². The molecule has 78 valence electrons. The van der Waals surface area contributed by atoms with Crippen LogP contribution in [0.5, 0.6) is 0 Å². The number of hydrogen-bond acceptors (Lipinski definition) is 2. The molecule has 0 fully saturated rings. The molecule has 0 amide bonds. The van der Waals surface area contributed by atoms with Crippen molar-refractivity contribution in [1.82, 2.24) is 0 Å². The number of nitrogens with two attached hydrogens (primary N) is 2. The molecule has 2 heteroatoms. The van der Waals surface area contributed by atoms with E-state index in [1.165, 1.54) is 0 Å². The van der Waals surface area contributed by atoms with Gasteiger partial charge in [0.1, 0.15) is 0 Å². The molecule has 0 bridgehead atoms. The molecule has 2 nitrogen and oxygen atoms in total. The molecule has 0 aromatic carbocycles. The first-order chi connectivity index (χ1) is 5.56. The third kappa shape index (κ3) is 2.32. The number of allylic oxidation sites excluding steroid dienone is 1. The molecule has 4 N–H and O–H groups in total. The molecule has 0 unspecified atom stereocenters. The second-order valence-electron chi connectivity index (χ2n) is 5.28. The Balaban J connectivity index is 4.91. The second-order valence-corrected chi connectivity index (χ2v) is 5.28. The van der Waals surface area contributed by atoms with Crippen molar-refractivity contribution in [2.45, 2.75) is 46.7 Å². The highest BCUT2D eigenvalue weighted by Crippen LogP contribution is 2.45. The maximum atomic E-state index is 5.97. The van der Waals surface area contributed by atoms with Crippen LogP contribution >= 0.6 is 0 Å². The molecule has 0 atom stereocenters. The summed E-state index contributed by atoms with van der Waals surface area (Å²) < 4.78 is 0. The highest BCUT2D eigenvalue weighted by atomic mass is 15.0. The first-order valence-corrected chi connectivity index (χ1v) is 4.75. The molecule has 13 heavy (non-hydrogen) atoms. The van der Waals surface area contributed by atoms with Crippen LogP contribution in [0.4, 0.5) is 0 Å². The molecule has 0 rings (SSSR count). The summed E-state index contributed by atoms with van der Waals surface area (Å²) in [6, 6.07) is 0. The van der Waals surface area contributed by atoms with Crippen LogP contribution in [0, 0.1) is 10.8 Å². The zero-order valence-electron chi connectivity index (χ0n) is 9.65. The molecule has 0 saturated carbocycles. The minimum absolute atomic E-state index is 0.0625. The average Bonchev–Trinajstić information content (AvgIpc) is 1.84. The largest absolute Gasteiger partial charge is 0.313 e. The molecular formula is C11H24N2. The molecule has 0 aliphatic rings. The summed E-state index contributed by atoms with van der Waals surface area (Å²) in [7, 11) is 0. The topological polar surface area (TPSA) is 52.0 Å². The Morgan fingerprint density at radius 3 is 1.69 bits per heavy atom. The summed E-state index contributed by atoms with van der Waals surface area (Å²) >= 11 is 0. The lowest BCUT2D eigenvalue weighted by Gasteiger charge is -2.49. The Labute approximate surface area is 82.4 Å². The van der Waals surface area contributed by atoms with Gasteiger partial charge in [-0.05, 0) is 18.8 Å². The summed E-state index contributed by atoms with van der Waals surface area (Å²) in [5.74, 6) is 0. The van der Waals surface area contributed by atoms with Gasteiger partial charge in [-0.1, -0.05) is 33.8 Å². The molecule has 0 aliphatic carbocycles. The van der Waals surface area contributed by atoms with E-state index in [0.717, 1.165) is 6.42 Å². The Morgan fingerprint density at radius 2 is 1.46 bits per heavy atom. The van der Waals surface area contributed by atoms with Crippen LogP contribution in [-0.2, 0) is 0 Å². The van der Waals surface area contributed by atoms with Gasteiger partial charge in [-0.2, -0.15) is 0 Å². The van der Waals surface area contributed by atoms with Crippen LogP contribution < -0.4 is 11.5 Å². The monoisotopic (exact) mass is 184 g/mol. The molecule has 0 heterocycles. The zero-order chi connectivity index (χ0) is 10.9. The van der Waals surface area contributed by atoms with Crippen molar-refractivity contribution < 1.29 is 0 Å². The van der Waals surface area contributed by atoms with Crippen LogP contribution in [0.25, 0.3) is 0 Å². The first-order valence-electron chi connectivity index (χ1n) is 4.75. The fourth-order valence-corrected chi connectivity index (χ4v) is 1.35. The molecule has 0 aliphatic heterocycles. The lowest BCUT2D eigenvalue weighted by atomic mass is 9.60. The van der Waals surface area contributed by atoms with E-state index >= 15 is 0 Å². The van der Waals surface area contributed by atoms with Gasteiger partial charge in [-0.25, -0.2) is 0 Å². The van der Waals surface area contributed by atoms with Gasteiger partial charge in [0.15, 0.2) is 0 Å². The Hall–Kier alpha value is -0.340. The fourth-order valence-electron chi connectivity index (χ4n) is 1.35. The highest BCUT2D eigenvalue weighted by Gasteiger charge is 2.45. The third-order valence-electron chi connectivity index (χ3n) is 3.69. The van der Waals surface area contributed by atoms with Crippen LogP contribution in [0.15, 0.2) is 12.7 Å². The smallest absolute Gasteiger partial charge is 0.0665 e. The van der Waals surface area contributed by atoms with Crippen molar-refractivity contribution >= 4 is 0 Å². The predicted octanol–water partition coefficient (Wildman–Crippen LogP) is 2.25. The third-order valence-corrected chi connectivity index (χ3v) is 3.69. The van der Waals surface area contributed by atoms with Crippen molar-refractivity contribution in [3.05, 3.63) is 12.7 Å². The average molecular weight is 184 g/mol. The Kier molecular flexibility index (Phi) is 3.34. The van der Waals surface area contributed by atoms with Gasteiger partial charge in [0.25, 0.3) is 0 Å². The SMILES string of the molecule is C=CCC(C)(C)C(C)(C)C(C)(N)N. The van der Waals surface area contributed by atoms with Crippen LogP contribution in [-0.4, -0.2) is 5.66 Å². The van der Waals surface area contributed by atoms with Crippen LogP contribution in [0.1, 0.15) is 41.0 Å². The normalized spacial score (nSPS) is 14.4. The van der Waals surface area contributed by atoms with Crippen molar-refractivity contribution in [1.29, 1.82) is 0 Å². The molecular weight excluding hydrogens is 160 g/mol. The van der Waals surface area contributed by atoms with Crippen molar-refractivity contribution in [2.24, 2.45) is 22.3 Å². The van der Waals surface area contributed by atoms with E-state index in [4.69, 9.17) is 11.5 Å².